The number of thiocarbonyl (C=S) groups is 1. The van der Waals surface area contributed by atoms with Crippen molar-refractivity contribution in [2.24, 2.45) is 0 Å². The molecule has 1 amide bonds. The average molecular weight is 417 g/mol. The molecule has 1 saturated heterocycles. The molecule has 1 aromatic heterocycles. The normalized spacial score (nSPS) is 16.8. The topological polar surface area (TPSA) is 76.4 Å². The molecule has 1 aliphatic heterocycles. The minimum atomic E-state index is -0.255. The number of rotatable bonds is 2. The van der Waals surface area contributed by atoms with Gasteiger partial charge >= 0.3 is 0 Å². The number of nitrogens with one attached hydrogen (secondary N) is 1. The van der Waals surface area contributed by atoms with Gasteiger partial charge in [-0.25, -0.2) is 0 Å². The zero-order chi connectivity index (χ0) is 20.1. The van der Waals surface area contributed by atoms with Crippen LogP contribution in [-0.2, 0) is 4.79 Å². The molecule has 1 aliphatic carbocycles. The standard InChI is InChI=1S/C22H11NO4S2/c24-19-13-3-1-2-4-14(13)20(25)16-9-11(5-7-15(16)19)17-8-6-12(27-17)10-18-21(26)23-22(28)29-18/h1-10H,(H,23,26,28)/b18-10-. The molecular formula is C22H11NO4S2. The fraction of sp³-hybridized carbons (Fsp3) is 0. The highest BCUT2D eigenvalue weighted by Gasteiger charge is 2.29. The van der Waals surface area contributed by atoms with Gasteiger partial charge in [-0.05, 0) is 24.3 Å². The Hall–Kier alpha value is -3.29. The molecule has 0 atom stereocenters. The molecule has 0 radical (unpaired) electrons. The van der Waals surface area contributed by atoms with Crippen LogP contribution in [0.4, 0.5) is 0 Å². The van der Waals surface area contributed by atoms with Gasteiger partial charge in [-0.3, -0.25) is 14.4 Å². The van der Waals surface area contributed by atoms with Crippen molar-refractivity contribution in [3.8, 4) is 11.3 Å². The van der Waals surface area contributed by atoms with Crippen molar-refractivity contribution in [3.05, 3.63) is 87.5 Å². The van der Waals surface area contributed by atoms with Crippen molar-refractivity contribution in [2.75, 3.05) is 0 Å². The van der Waals surface area contributed by atoms with Crippen LogP contribution in [0.3, 0.4) is 0 Å². The van der Waals surface area contributed by atoms with Crippen LogP contribution in [-0.4, -0.2) is 21.8 Å². The summed E-state index contributed by atoms with van der Waals surface area (Å²) in [7, 11) is 0. The summed E-state index contributed by atoms with van der Waals surface area (Å²) in [6.07, 6.45) is 1.62. The Bertz CT molecular complexity index is 1290. The van der Waals surface area contributed by atoms with E-state index in [2.05, 4.69) is 5.32 Å². The molecule has 1 fully saturated rings. The molecule has 5 rings (SSSR count). The molecule has 0 bridgehead atoms. The summed E-state index contributed by atoms with van der Waals surface area (Å²) in [5.74, 6) is 0.428. The van der Waals surface area contributed by atoms with E-state index in [1.54, 1.807) is 60.7 Å². The van der Waals surface area contributed by atoms with Gasteiger partial charge in [0.05, 0.1) is 4.91 Å². The molecule has 0 spiro atoms. The third kappa shape index (κ3) is 2.95. The maximum Gasteiger partial charge on any atom is 0.263 e. The van der Waals surface area contributed by atoms with Crippen molar-refractivity contribution in [2.45, 2.75) is 0 Å². The molecule has 2 heterocycles. The lowest BCUT2D eigenvalue weighted by Crippen LogP contribution is -2.20. The van der Waals surface area contributed by atoms with E-state index >= 15 is 0 Å². The minimum Gasteiger partial charge on any atom is -0.457 e. The number of fused-ring (bicyclic) bond motifs is 2. The van der Waals surface area contributed by atoms with Crippen molar-refractivity contribution in [1.29, 1.82) is 0 Å². The average Bonchev–Trinajstić information content (AvgIpc) is 3.32. The Morgan fingerprint density at radius 3 is 2.24 bits per heavy atom. The zero-order valence-electron chi connectivity index (χ0n) is 14.7. The lowest BCUT2D eigenvalue weighted by Gasteiger charge is -2.17. The summed E-state index contributed by atoms with van der Waals surface area (Å²) in [5, 5.41) is 2.55. The first-order chi connectivity index (χ1) is 14.0. The van der Waals surface area contributed by atoms with Crippen LogP contribution in [0.15, 0.2) is 63.9 Å². The summed E-state index contributed by atoms with van der Waals surface area (Å²) in [5.41, 5.74) is 2.26. The number of hydrogen-bond acceptors (Lipinski definition) is 6. The van der Waals surface area contributed by atoms with E-state index < -0.39 is 0 Å². The van der Waals surface area contributed by atoms with Crippen LogP contribution in [0.5, 0.6) is 0 Å². The van der Waals surface area contributed by atoms with Gasteiger partial charge in [0.15, 0.2) is 11.6 Å². The highest BCUT2D eigenvalue weighted by Crippen LogP contribution is 2.32. The van der Waals surface area contributed by atoms with Crippen LogP contribution in [0.2, 0.25) is 0 Å². The van der Waals surface area contributed by atoms with E-state index in [0.717, 1.165) is 0 Å². The first-order valence-electron chi connectivity index (χ1n) is 8.69. The van der Waals surface area contributed by atoms with Crippen molar-refractivity contribution < 1.29 is 18.8 Å². The molecule has 3 aromatic rings. The van der Waals surface area contributed by atoms with Gasteiger partial charge in [0.25, 0.3) is 5.91 Å². The summed E-state index contributed by atoms with van der Waals surface area (Å²) >= 11 is 6.15. The number of carbonyl (C=O) groups excluding carboxylic acids is 3. The van der Waals surface area contributed by atoms with Gasteiger partial charge in [0.1, 0.15) is 15.8 Å². The monoisotopic (exact) mass is 417 g/mol. The number of amides is 1. The lowest BCUT2D eigenvalue weighted by atomic mass is 9.83. The predicted octanol–water partition coefficient (Wildman–Crippen LogP) is 4.21. The van der Waals surface area contributed by atoms with E-state index in [-0.39, 0.29) is 17.5 Å². The maximum absolute atomic E-state index is 12.9. The van der Waals surface area contributed by atoms with Crippen molar-refractivity contribution in [3.63, 3.8) is 0 Å². The fourth-order valence-electron chi connectivity index (χ4n) is 3.39. The van der Waals surface area contributed by atoms with Crippen LogP contribution in [0.25, 0.3) is 17.4 Å². The number of thioether (sulfide) groups is 1. The number of ketones is 2. The van der Waals surface area contributed by atoms with E-state index in [1.165, 1.54) is 11.8 Å². The molecule has 0 saturated carbocycles. The summed E-state index contributed by atoms with van der Waals surface area (Å²) in [6.45, 7) is 0. The maximum atomic E-state index is 12.9. The molecular weight excluding hydrogens is 406 g/mol. The van der Waals surface area contributed by atoms with Gasteiger partial charge in [-0.2, -0.15) is 0 Å². The Morgan fingerprint density at radius 2 is 1.55 bits per heavy atom. The van der Waals surface area contributed by atoms with Gasteiger partial charge in [0.2, 0.25) is 0 Å². The zero-order valence-corrected chi connectivity index (χ0v) is 16.4. The minimum absolute atomic E-state index is 0.160. The van der Waals surface area contributed by atoms with Gasteiger partial charge in [-0.1, -0.05) is 54.3 Å². The van der Waals surface area contributed by atoms with Crippen LogP contribution in [0, 0.1) is 0 Å². The van der Waals surface area contributed by atoms with Crippen molar-refractivity contribution >= 4 is 51.8 Å². The Labute approximate surface area is 174 Å². The Balaban J connectivity index is 1.52. The van der Waals surface area contributed by atoms with Crippen LogP contribution < -0.4 is 5.32 Å². The lowest BCUT2D eigenvalue weighted by molar-refractivity contribution is -0.115. The van der Waals surface area contributed by atoms with E-state index in [0.29, 0.717) is 48.6 Å². The Kier molecular flexibility index (Phi) is 4.08. The Morgan fingerprint density at radius 1 is 0.862 bits per heavy atom. The SMILES string of the molecule is O=C1NC(=S)S/C1=C\c1ccc(-c2ccc3c(c2)C(=O)c2ccccc2C3=O)o1. The molecule has 1 N–H and O–H groups in total. The highest BCUT2D eigenvalue weighted by molar-refractivity contribution is 8.26. The molecule has 2 aliphatic rings. The van der Waals surface area contributed by atoms with E-state index in [4.69, 9.17) is 16.6 Å². The highest BCUT2D eigenvalue weighted by atomic mass is 32.2. The molecule has 5 nitrogen and oxygen atoms in total. The third-order valence-electron chi connectivity index (χ3n) is 4.75. The number of hydrogen-bond donors (Lipinski definition) is 1. The second-order valence-corrected chi connectivity index (χ2v) is 8.24. The third-order valence-corrected chi connectivity index (χ3v) is 5.91. The van der Waals surface area contributed by atoms with Gasteiger partial charge in [-0.15, -0.1) is 0 Å². The first-order valence-corrected chi connectivity index (χ1v) is 9.91. The molecule has 0 unspecified atom stereocenters. The molecule has 29 heavy (non-hydrogen) atoms. The molecule has 2 aromatic carbocycles. The number of furan rings is 1. The van der Waals surface area contributed by atoms with Gasteiger partial charge < -0.3 is 9.73 Å². The second-order valence-electron chi connectivity index (χ2n) is 6.52. The van der Waals surface area contributed by atoms with E-state index in [1.807, 2.05) is 0 Å². The first kappa shape index (κ1) is 17.8. The summed E-state index contributed by atoms with van der Waals surface area (Å²) < 4.78 is 6.24. The van der Waals surface area contributed by atoms with Crippen LogP contribution in [0.1, 0.15) is 37.6 Å². The van der Waals surface area contributed by atoms with E-state index in [9.17, 15) is 14.4 Å². The summed E-state index contributed by atoms with van der Waals surface area (Å²) in [6, 6.07) is 15.4. The molecule has 7 heteroatoms. The predicted molar refractivity (Wildman–Crippen MR) is 114 cm³/mol. The molecule has 140 valence electrons. The second kappa shape index (κ2) is 6.65. The number of benzene rings is 2. The van der Waals surface area contributed by atoms with Gasteiger partial charge in [0, 0.05) is 33.9 Å². The quantitative estimate of drug-likeness (QED) is 0.389. The smallest absolute Gasteiger partial charge is 0.263 e. The van der Waals surface area contributed by atoms with Crippen molar-refractivity contribution in [1.82, 2.24) is 5.32 Å². The van der Waals surface area contributed by atoms with Crippen LogP contribution >= 0.6 is 24.0 Å². The summed E-state index contributed by atoms with van der Waals surface area (Å²) in [4.78, 5) is 37.9. The fourth-order valence-corrected chi connectivity index (χ4v) is 4.41. The largest absolute Gasteiger partial charge is 0.457 e. The number of carbonyl (C=O) groups is 3.